The van der Waals surface area contributed by atoms with E-state index in [1.165, 1.54) is 19.4 Å². The quantitative estimate of drug-likeness (QED) is 0.622. The van der Waals surface area contributed by atoms with Gasteiger partial charge in [-0.2, -0.15) is 0 Å². The van der Waals surface area contributed by atoms with E-state index in [1.54, 1.807) is 0 Å². The minimum Gasteiger partial charge on any atom is -0.390 e. The highest BCUT2D eigenvalue weighted by Gasteiger charge is 1.98. The standard InChI is InChI=1S/C12H26N4/c1-15-9-3-5-14-8-12-16(2)10-4-6-13-7-11-15/h7,11,13-14H,3-6,8-10,12H2,1-2H3. The number of hydrogen-bond acceptors (Lipinski definition) is 4. The first-order valence-electron chi connectivity index (χ1n) is 6.28. The maximum atomic E-state index is 3.48. The van der Waals surface area contributed by atoms with Crippen LogP contribution in [0.1, 0.15) is 12.8 Å². The van der Waals surface area contributed by atoms with Gasteiger partial charge in [0.2, 0.25) is 0 Å². The fraction of sp³-hybridized carbons (Fsp3) is 0.833. The van der Waals surface area contributed by atoms with E-state index in [0.717, 1.165) is 32.7 Å². The molecule has 0 fully saturated rings. The summed E-state index contributed by atoms with van der Waals surface area (Å²) in [6.07, 6.45) is 6.57. The van der Waals surface area contributed by atoms with Crippen molar-refractivity contribution in [1.82, 2.24) is 20.4 Å². The van der Waals surface area contributed by atoms with Crippen LogP contribution in [-0.2, 0) is 0 Å². The molecule has 0 aliphatic carbocycles. The van der Waals surface area contributed by atoms with Crippen molar-refractivity contribution >= 4 is 0 Å². The molecule has 0 spiro atoms. The molecule has 0 aromatic rings. The zero-order chi connectivity index (χ0) is 11.6. The Kier molecular flexibility index (Phi) is 7.01. The summed E-state index contributed by atoms with van der Waals surface area (Å²) in [5, 5.41) is 6.81. The first kappa shape index (κ1) is 13.3. The Labute approximate surface area is 99.7 Å². The Morgan fingerprint density at radius 1 is 0.938 bits per heavy atom. The van der Waals surface area contributed by atoms with Crippen LogP contribution in [0.5, 0.6) is 0 Å². The predicted molar refractivity (Wildman–Crippen MR) is 69.4 cm³/mol. The van der Waals surface area contributed by atoms with Gasteiger partial charge in [-0.15, -0.1) is 0 Å². The zero-order valence-corrected chi connectivity index (χ0v) is 10.7. The number of likely N-dealkylation sites (N-methyl/N-ethyl adjacent to an activating group) is 1. The molecule has 0 bridgehead atoms. The Morgan fingerprint density at radius 2 is 1.75 bits per heavy atom. The van der Waals surface area contributed by atoms with Gasteiger partial charge in [-0.3, -0.25) is 0 Å². The Hall–Kier alpha value is -0.740. The monoisotopic (exact) mass is 226 g/mol. The van der Waals surface area contributed by atoms with Gasteiger partial charge in [0.05, 0.1) is 0 Å². The lowest BCUT2D eigenvalue weighted by Crippen LogP contribution is -2.32. The SMILES string of the molecule is CN1C=CNCCCN(C)CCNCCC1. The Morgan fingerprint density at radius 3 is 2.62 bits per heavy atom. The number of nitrogens with zero attached hydrogens (tertiary/aromatic N) is 2. The van der Waals surface area contributed by atoms with Gasteiger partial charge in [0.25, 0.3) is 0 Å². The molecule has 1 aliphatic rings. The average Bonchev–Trinajstić information content (AvgIpc) is 2.27. The molecule has 2 N–H and O–H groups in total. The second-order valence-electron chi connectivity index (χ2n) is 4.51. The molecule has 0 atom stereocenters. The predicted octanol–water partition coefficient (Wildman–Crippen LogP) is 0.294. The molecule has 1 heterocycles. The van der Waals surface area contributed by atoms with Gasteiger partial charge in [0.15, 0.2) is 0 Å². The van der Waals surface area contributed by atoms with Gasteiger partial charge in [-0.05, 0) is 33.0 Å². The van der Waals surface area contributed by atoms with Crippen LogP contribution in [0.2, 0.25) is 0 Å². The molecule has 0 saturated heterocycles. The van der Waals surface area contributed by atoms with Crippen LogP contribution in [0.4, 0.5) is 0 Å². The van der Waals surface area contributed by atoms with Crippen LogP contribution in [0.3, 0.4) is 0 Å². The molecule has 0 amide bonds. The summed E-state index contributed by atoms with van der Waals surface area (Å²) < 4.78 is 0. The smallest absolute Gasteiger partial charge is 0.0181 e. The van der Waals surface area contributed by atoms with Crippen molar-refractivity contribution in [3.8, 4) is 0 Å². The van der Waals surface area contributed by atoms with Crippen LogP contribution in [0.15, 0.2) is 12.4 Å². The van der Waals surface area contributed by atoms with Gasteiger partial charge in [0.1, 0.15) is 0 Å². The largest absolute Gasteiger partial charge is 0.390 e. The van der Waals surface area contributed by atoms with Gasteiger partial charge in [-0.1, -0.05) is 0 Å². The minimum atomic E-state index is 1.06. The van der Waals surface area contributed by atoms with E-state index in [1.807, 2.05) is 0 Å². The third kappa shape index (κ3) is 6.69. The number of hydrogen-bond donors (Lipinski definition) is 2. The van der Waals surface area contributed by atoms with Crippen molar-refractivity contribution in [3.05, 3.63) is 12.4 Å². The highest BCUT2D eigenvalue weighted by atomic mass is 15.1. The average molecular weight is 226 g/mol. The van der Waals surface area contributed by atoms with Crippen molar-refractivity contribution in [3.63, 3.8) is 0 Å². The van der Waals surface area contributed by atoms with E-state index < -0.39 is 0 Å². The lowest BCUT2D eigenvalue weighted by Gasteiger charge is -2.18. The lowest BCUT2D eigenvalue weighted by molar-refractivity contribution is 0.323. The molecule has 0 aromatic carbocycles. The Balaban J connectivity index is 2.27. The molecule has 1 aliphatic heterocycles. The van der Waals surface area contributed by atoms with Crippen LogP contribution in [-0.4, -0.2) is 63.2 Å². The zero-order valence-electron chi connectivity index (χ0n) is 10.7. The molecule has 0 saturated carbocycles. The summed E-state index contributed by atoms with van der Waals surface area (Å²) in [6, 6.07) is 0. The van der Waals surface area contributed by atoms with Crippen LogP contribution < -0.4 is 10.6 Å². The second-order valence-corrected chi connectivity index (χ2v) is 4.51. The summed E-state index contributed by atoms with van der Waals surface area (Å²) >= 11 is 0. The van der Waals surface area contributed by atoms with E-state index in [0.29, 0.717) is 0 Å². The summed E-state index contributed by atoms with van der Waals surface area (Å²) in [5.74, 6) is 0. The number of nitrogens with one attached hydrogen (secondary N) is 2. The van der Waals surface area contributed by atoms with Crippen molar-refractivity contribution in [2.75, 3.05) is 53.4 Å². The van der Waals surface area contributed by atoms with E-state index in [2.05, 4.69) is 46.9 Å². The molecule has 0 radical (unpaired) electrons. The minimum absolute atomic E-state index is 1.06. The molecule has 4 heteroatoms. The highest BCUT2D eigenvalue weighted by molar-refractivity contribution is 4.78. The Bertz CT molecular complexity index is 193. The highest BCUT2D eigenvalue weighted by Crippen LogP contribution is 1.90. The normalized spacial score (nSPS) is 22.5. The topological polar surface area (TPSA) is 30.5 Å². The summed E-state index contributed by atoms with van der Waals surface area (Å²) in [5.41, 5.74) is 0. The summed E-state index contributed by atoms with van der Waals surface area (Å²) in [4.78, 5) is 4.61. The van der Waals surface area contributed by atoms with Gasteiger partial charge in [-0.25, -0.2) is 0 Å². The number of rotatable bonds is 0. The van der Waals surface area contributed by atoms with Gasteiger partial charge < -0.3 is 20.4 Å². The van der Waals surface area contributed by atoms with Crippen LogP contribution >= 0.6 is 0 Å². The fourth-order valence-corrected chi connectivity index (χ4v) is 1.75. The molecule has 94 valence electrons. The van der Waals surface area contributed by atoms with Crippen molar-refractivity contribution in [1.29, 1.82) is 0 Å². The van der Waals surface area contributed by atoms with Crippen molar-refractivity contribution in [2.24, 2.45) is 0 Å². The van der Waals surface area contributed by atoms with Crippen molar-refractivity contribution in [2.45, 2.75) is 12.8 Å². The fourth-order valence-electron chi connectivity index (χ4n) is 1.75. The third-order valence-electron chi connectivity index (χ3n) is 2.84. The van der Waals surface area contributed by atoms with E-state index >= 15 is 0 Å². The first-order chi connectivity index (χ1) is 7.79. The molecular weight excluding hydrogens is 200 g/mol. The van der Waals surface area contributed by atoms with E-state index in [-0.39, 0.29) is 0 Å². The van der Waals surface area contributed by atoms with E-state index in [4.69, 9.17) is 0 Å². The van der Waals surface area contributed by atoms with Gasteiger partial charge in [0, 0.05) is 45.6 Å². The first-order valence-corrected chi connectivity index (χ1v) is 6.28. The molecule has 1 rings (SSSR count). The summed E-state index contributed by atoms with van der Waals surface area (Å²) in [7, 11) is 4.31. The molecule has 16 heavy (non-hydrogen) atoms. The lowest BCUT2D eigenvalue weighted by atomic mass is 10.3. The maximum absolute atomic E-state index is 3.48. The summed E-state index contributed by atoms with van der Waals surface area (Å²) in [6.45, 7) is 6.69. The second kappa shape index (κ2) is 8.42. The molecule has 4 nitrogen and oxygen atoms in total. The van der Waals surface area contributed by atoms with Crippen LogP contribution in [0.25, 0.3) is 0 Å². The molecule has 0 aromatic heterocycles. The van der Waals surface area contributed by atoms with E-state index in [9.17, 15) is 0 Å². The van der Waals surface area contributed by atoms with Crippen LogP contribution in [0, 0.1) is 0 Å². The maximum Gasteiger partial charge on any atom is 0.0181 e. The van der Waals surface area contributed by atoms with Crippen molar-refractivity contribution < 1.29 is 0 Å². The van der Waals surface area contributed by atoms with Gasteiger partial charge >= 0.3 is 0 Å². The third-order valence-corrected chi connectivity index (χ3v) is 2.84. The molecule has 0 unspecified atom stereocenters. The molecular formula is C12H26N4.